The molecule has 34 heavy (non-hydrogen) atoms. The number of fused-ring (bicyclic) bond motifs is 2. The average molecular weight is 467 g/mol. The zero-order valence-electron chi connectivity index (χ0n) is 22.4. The minimum absolute atomic E-state index is 0.0405. The highest BCUT2D eigenvalue weighted by atomic mass is 16.6. The Balaban J connectivity index is 1.39. The summed E-state index contributed by atoms with van der Waals surface area (Å²) in [5.41, 5.74) is 0.297. The molecule has 1 saturated heterocycles. The Morgan fingerprint density at radius 2 is 1.38 bits per heavy atom. The van der Waals surface area contributed by atoms with Gasteiger partial charge in [-0.15, -0.1) is 0 Å². The van der Waals surface area contributed by atoms with Crippen molar-refractivity contribution in [2.24, 2.45) is 17.8 Å². The fraction of sp³-hybridized carbons (Fsp3) is 0.677. The fourth-order valence-electron chi connectivity index (χ4n) is 5.63. The van der Waals surface area contributed by atoms with Crippen LogP contribution in [0.5, 0.6) is 0 Å². The van der Waals surface area contributed by atoms with Crippen LogP contribution >= 0.6 is 0 Å². The number of allylic oxidation sites excluding steroid dienone is 1. The summed E-state index contributed by atoms with van der Waals surface area (Å²) in [6.45, 7) is 13.3. The van der Waals surface area contributed by atoms with Crippen molar-refractivity contribution in [3.63, 3.8) is 0 Å². The van der Waals surface area contributed by atoms with Crippen LogP contribution in [0.2, 0.25) is 0 Å². The van der Waals surface area contributed by atoms with Crippen molar-refractivity contribution in [3.05, 3.63) is 47.0 Å². The molecule has 3 nitrogen and oxygen atoms in total. The molecule has 1 aliphatic carbocycles. The van der Waals surface area contributed by atoms with E-state index in [2.05, 4.69) is 40.7 Å². The summed E-state index contributed by atoms with van der Waals surface area (Å²) in [5.74, 6) is 2.34. The first-order valence-corrected chi connectivity index (χ1v) is 13.6. The molecule has 188 valence electrons. The van der Waals surface area contributed by atoms with Crippen LogP contribution in [-0.2, 0) is 4.74 Å². The molecule has 0 saturated carbocycles. The van der Waals surface area contributed by atoms with Gasteiger partial charge in [0, 0.05) is 17.5 Å². The Morgan fingerprint density at radius 3 is 1.97 bits per heavy atom. The summed E-state index contributed by atoms with van der Waals surface area (Å²) in [7, 11) is 0. The van der Waals surface area contributed by atoms with Crippen molar-refractivity contribution >= 4 is 11.6 Å². The van der Waals surface area contributed by atoms with Gasteiger partial charge >= 0.3 is 0 Å². The Kier molecular flexibility index (Phi) is 8.95. The van der Waals surface area contributed by atoms with Gasteiger partial charge in [0.2, 0.25) is 0 Å². The number of carbonyl (C=O) groups excluding carboxylic acids is 2. The second-order valence-corrected chi connectivity index (χ2v) is 11.8. The maximum atomic E-state index is 13.2. The predicted octanol–water partition coefficient (Wildman–Crippen LogP) is 8.37. The van der Waals surface area contributed by atoms with Crippen LogP contribution in [-0.4, -0.2) is 22.8 Å². The molecule has 0 unspecified atom stereocenters. The lowest BCUT2D eigenvalue weighted by molar-refractivity contribution is 0.0847. The van der Waals surface area contributed by atoms with Gasteiger partial charge in [0.05, 0.1) is 0 Å². The minimum Gasteiger partial charge on any atom is -0.345 e. The van der Waals surface area contributed by atoms with Gasteiger partial charge in [-0.1, -0.05) is 109 Å². The maximum Gasteiger partial charge on any atom is 0.199 e. The first-order chi connectivity index (χ1) is 16.1. The third-order valence-electron chi connectivity index (χ3n) is 8.20. The molecule has 1 fully saturated rings. The van der Waals surface area contributed by atoms with E-state index in [9.17, 15) is 9.59 Å². The van der Waals surface area contributed by atoms with E-state index in [1.165, 1.54) is 56.9 Å². The number of rotatable bonds is 14. The van der Waals surface area contributed by atoms with E-state index >= 15 is 0 Å². The highest BCUT2D eigenvalue weighted by molar-refractivity contribution is 6.25. The smallest absolute Gasteiger partial charge is 0.199 e. The molecule has 0 radical (unpaired) electrons. The molecule has 0 bridgehead atoms. The number of hydrogen-bond acceptors (Lipinski definition) is 3. The molecule has 0 aromatic heterocycles. The third-order valence-corrected chi connectivity index (χ3v) is 8.20. The van der Waals surface area contributed by atoms with Crippen LogP contribution in [0.4, 0.5) is 0 Å². The largest absolute Gasteiger partial charge is 0.345 e. The predicted molar refractivity (Wildman–Crippen MR) is 140 cm³/mol. The van der Waals surface area contributed by atoms with Gasteiger partial charge in [-0.3, -0.25) is 9.59 Å². The summed E-state index contributed by atoms with van der Waals surface area (Å²) in [6.07, 6.45) is 14.2. The third kappa shape index (κ3) is 5.90. The van der Waals surface area contributed by atoms with Crippen molar-refractivity contribution in [1.29, 1.82) is 0 Å². The van der Waals surface area contributed by atoms with Gasteiger partial charge in [0.15, 0.2) is 22.8 Å². The molecule has 2 aliphatic rings. The lowest BCUT2D eigenvalue weighted by atomic mass is 9.73. The zero-order valence-corrected chi connectivity index (χ0v) is 22.4. The van der Waals surface area contributed by atoms with Crippen LogP contribution in [0.1, 0.15) is 126 Å². The van der Waals surface area contributed by atoms with Gasteiger partial charge < -0.3 is 4.74 Å². The van der Waals surface area contributed by atoms with E-state index in [0.717, 1.165) is 24.2 Å². The topological polar surface area (TPSA) is 46.7 Å². The van der Waals surface area contributed by atoms with Crippen molar-refractivity contribution in [2.45, 2.75) is 117 Å². The van der Waals surface area contributed by atoms with Gasteiger partial charge in [-0.05, 0) is 44.4 Å². The van der Waals surface area contributed by atoms with Gasteiger partial charge in [0.1, 0.15) is 0 Å². The van der Waals surface area contributed by atoms with E-state index in [0.29, 0.717) is 17.5 Å². The molecule has 0 amide bonds. The molecule has 1 aromatic rings. The van der Waals surface area contributed by atoms with Gasteiger partial charge in [-0.25, -0.2) is 0 Å². The molecular weight excluding hydrogens is 420 g/mol. The Labute approximate surface area is 207 Å². The normalized spacial score (nSPS) is 25.8. The molecule has 1 aliphatic heterocycles. The van der Waals surface area contributed by atoms with Crippen LogP contribution in [0.25, 0.3) is 0 Å². The zero-order chi connectivity index (χ0) is 24.9. The van der Waals surface area contributed by atoms with Crippen molar-refractivity contribution < 1.29 is 14.3 Å². The monoisotopic (exact) mass is 466 g/mol. The van der Waals surface area contributed by atoms with Crippen LogP contribution < -0.4 is 0 Å². The highest BCUT2D eigenvalue weighted by Gasteiger charge is 2.77. The highest BCUT2D eigenvalue weighted by Crippen LogP contribution is 2.57. The summed E-state index contributed by atoms with van der Waals surface area (Å²) in [5, 5.41) is 0. The standard InChI is InChI=1S/C31H46O3/c1-22(2)12-9-13-23(3)14-10-15-24(4)16-11-17-25(5)20-21-31-29(33)27-19-8-7-18-26(27)28(32)30(31,6)34-31/h7-8,18-20,22-24H,9-17,21H2,1-6H3/b25-20-/t23-,24-,30-,31+/m1/s1. The number of hydrogen-bond donors (Lipinski definition) is 0. The number of Topliss-reactive ketones (excluding diaryl/α,β-unsaturated/α-hetero) is 2. The summed E-state index contributed by atoms with van der Waals surface area (Å²) >= 11 is 0. The van der Waals surface area contributed by atoms with Gasteiger partial charge in [-0.2, -0.15) is 0 Å². The van der Waals surface area contributed by atoms with E-state index in [4.69, 9.17) is 4.74 Å². The Morgan fingerprint density at radius 1 is 0.853 bits per heavy atom. The number of carbonyl (C=O) groups is 2. The van der Waals surface area contributed by atoms with Crippen LogP contribution in [0, 0.1) is 17.8 Å². The Bertz CT molecular complexity index is 898. The molecule has 1 heterocycles. The Hall–Kier alpha value is -1.74. The lowest BCUT2D eigenvalue weighted by Gasteiger charge is -2.22. The fourth-order valence-corrected chi connectivity index (χ4v) is 5.63. The van der Waals surface area contributed by atoms with Gasteiger partial charge in [0.25, 0.3) is 0 Å². The molecule has 4 atom stereocenters. The number of benzene rings is 1. The average Bonchev–Trinajstić information content (AvgIpc) is 3.43. The molecule has 3 rings (SSSR count). The molecule has 1 aromatic carbocycles. The van der Waals surface area contributed by atoms with E-state index in [1.807, 2.05) is 12.1 Å². The van der Waals surface area contributed by atoms with Crippen molar-refractivity contribution in [3.8, 4) is 0 Å². The lowest BCUT2D eigenvalue weighted by Crippen LogP contribution is -2.43. The van der Waals surface area contributed by atoms with Crippen LogP contribution in [0.15, 0.2) is 35.9 Å². The number of ketones is 2. The SMILES string of the molecule is C/C(=C/C[C@@]12O[C@]1(C)C(=O)c1ccccc1C2=O)CCC[C@H](C)CCC[C@H](C)CCCC(C)C. The quantitative estimate of drug-likeness (QED) is 0.204. The van der Waals surface area contributed by atoms with Crippen molar-refractivity contribution in [2.75, 3.05) is 0 Å². The first-order valence-electron chi connectivity index (χ1n) is 13.6. The summed E-state index contributed by atoms with van der Waals surface area (Å²) in [6, 6.07) is 7.12. The summed E-state index contributed by atoms with van der Waals surface area (Å²) in [4.78, 5) is 26.1. The van der Waals surface area contributed by atoms with Crippen molar-refractivity contribution in [1.82, 2.24) is 0 Å². The van der Waals surface area contributed by atoms with E-state index < -0.39 is 11.2 Å². The van der Waals surface area contributed by atoms with E-state index in [1.54, 1.807) is 19.1 Å². The first kappa shape index (κ1) is 26.9. The molecular formula is C31H46O3. The molecule has 0 spiro atoms. The molecule has 0 N–H and O–H groups in total. The summed E-state index contributed by atoms with van der Waals surface area (Å²) < 4.78 is 5.91. The van der Waals surface area contributed by atoms with E-state index in [-0.39, 0.29) is 11.6 Å². The number of epoxide rings is 1. The molecule has 3 heteroatoms. The second-order valence-electron chi connectivity index (χ2n) is 11.8. The van der Waals surface area contributed by atoms with Crippen LogP contribution in [0.3, 0.4) is 0 Å². The second kappa shape index (κ2) is 11.3. The maximum absolute atomic E-state index is 13.2. The minimum atomic E-state index is -1.00. The number of ether oxygens (including phenoxy) is 1.